The minimum atomic E-state index is -0.788. The van der Waals surface area contributed by atoms with E-state index in [0.717, 1.165) is 12.2 Å². The quantitative estimate of drug-likeness (QED) is 0.906. The number of hydrogen-bond acceptors (Lipinski definition) is 4. The summed E-state index contributed by atoms with van der Waals surface area (Å²) in [6.45, 7) is 1.07. The van der Waals surface area contributed by atoms with Gasteiger partial charge in [-0.1, -0.05) is 6.07 Å². The van der Waals surface area contributed by atoms with Crippen molar-refractivity contribution >= 4 is 35.0 Å². The molecule has 1 atom stereocenters. The first-order valence-electron chi connectivity index (χ1n) is 6.27. The normalized spacial score (nSPS) is 19.4. The van der Waals surface area contributed by atoms with E-state index in [1.165, 1.54) is 4.88 Å². The Morgan fingerprint density at radius 3 is 3.05 bits per heavy atom. The lowest BCUT2D eigenvalue weighted by Crippen LogP contribution is -2.43. The topological polar surface area (TPSA) is 57.6 Å². The molecule has 1 amide bonds. The number of carboxylic acid groups (broad SMARTS) is 1. The molecular weight excluding hydrogens is 282 g/mol. The number of carbonyl (C=O) groups excluding carboxylic acids is 1. The van der Waals surface area contributed by atoms with Crippen molar-refractivity contribution in [2.45, 2.75) is 18.6 Å². The number of hydrogen-bond donors (Lipinski definition) is 1. The van der Waals surface area contributed by atoms with Crippen LogP contribution in [0.4, 0.5) is 0 Å². The van der Waals surface area contributed by atoms with Gasteiger partial charge in [-0.05, 0) is 24.3 Å². The Labute approximate surface area is 120 Å². The van der Waals surface area contributed by atoms with E-state index in [1.54, 1.807) is 28.0 Å². The zero-order valence-electron chi connectivity index (χ0n) is 10.6. The van der Waals surface area contributed by atoms with E-state index in [0.29, 0.717) is 25.3 Å². The first kappa shape index (κ1) is 14.4. The highest BCUT2D eigenvalue weighted by molar-refractivity contribution is 7.99. The van der Waals surface area contributed by atoms with Crippen molar-refractivity contribution in [3.8, 4) is 0 Å². The molecule has 1 N–H and O–H groups in total. The van der Waals surface area contributed by atoms with E-state index in [4.69, 9.17) is 5.11 Å². The van der Waals surface area contributed by atoms with Gasteiger partial charge in [-0.3, -0.25) is 9.59 Å². The van der Waals surface area contributed by atoms with Crippen LogP contribution < -0.4 is 0 Å². The summed E-state index contributed by atoms with van der Waals surface area (Å²) in [5.41, 5.74) is 0. The number of rotatable bonds is 5. The highest BCUT2D eigenvalue weighted by Crippen LogP contribution is 2.20. The minimum absolute atomic E-state index is 0.0625. The zero-order valence-corrected chi connectivity index (χ0v) is 12.2. The summed E-state index contributed by atoms with van der Waals surface area (Å²) >= 11 is 3.29. The predicted molar refractivity (Wildman–Crippen MR) is 77.4 cm³/mol. The van der Waals surface area contributed by atoms with Crippen molar-refractivity contribution in [3.05, 3.63) is 22.4 Å². The molecule has 0 saturated carbocycles. The van der Waals surface area contributed by atoms with Crippen molar-refractivity contribution in [2.24, 2.45) is 5.92 Å². The summed E-state index contributed by atoms with van der Waals surface area (Å²) in [6.07, 6.45) is 1.47. The van der Waals surface area contributed by atoms with Crippen LogP contribution in [0, 0.1) is 5.92 Å². The molecule has 0 radical (unpaired) electrons. The van der Waals surface area contributed by atoms with Gasteiger partial charge in [0.15, 0.2) is 0 Å². The fraction of sp³-hybridized carbons (Fsp3) is 0.538. The first-order valence-corrected chi connectivity index (χ1v) is 8.31. The zero-order chi connectivity index (χ0) is 13.7. The van der Waals surface area contributed by atoms with Gasteiger partial charge in [0.2, 0.25) is 5.91 Å². The van der Waals surface area contributed by atoms with Crippen LogP contribution in [0.1, 0.15) is 17.7 Å². The number of likely N-dealkylation sites (tertiary alicyclic amines) is 1. The number of carbonyl (C=O) groups is 2. The summed E-state index contributed by atoms with van der Waals surface area (Å²) in [4.78, 5) is 25.9. The van der Waals surface area contributed by atoms with Gasteiger partial charge < -0.3 is 10.0 Å². The second-order valence-corrected chi connectivity index (χ2v) is 6.61. The molecule has 1 aliphatic heterocycles. The van der Waals surface area contributed by atoms with E-state index in [-0.39, 0.29) is 11.8 Å². The van der Waals surface area contributed by atoms with Crippen LogP contribution in [0.5, 0.6) is 0 Å². The van der Waals surface area contributed by atoms with Crippen LogP contribution in [0.15, 0.2) is 17.5 Å². The lowest BCUT2D eigenvalue weighted by atomic mass is 9.98. The Hall–Kier alpha value is -1.01. The maximum Gasteiger partial charge on any atom is 0.308 e. The van der Waals surface area contributed by atoms with Gasteiger partial charge in [-0.2, -0.15) is 0 Å². The van der Waals surface area contributed by atoms with Crippen molar-refractivity contribution in [3.63, 3.8) is 0 Å². The van der Waals surface area contributed by atoms with Gasteiger partial charge in [-0.15, -0.1) is 23.1 Å². The number of carboxylic acids is 1. The summed E-state index contributed by atoms with van der Waals surface area (Å²) < 4.78 is 0. The lowest BCUT2D eigenvalue weighted by molar-refractivity contribution is -0.145. The maximum absolute atomic E-state index is 12.0. The monoisotopic (exact) mass is 299 g/mol. The summed E-state index contributed by atoms with van der Waals surface area (Å²) in [7, 11) is 0. The van der Waals surface area contributed by atoms with E-state index in [2.05, 4.69) is 6.07 Å². The molecule has 4 nitrogen and oxygen atoms in total. The van der Waals surface area contributed by atoms with Crippen LogP contribution in [0.2, 0.25) is 0 Å². The molecule has 0 aromatic carbocycles. The average molecular weight is 299 g/mol. The number of aliphatic carboxylic acids is 1. The van der Waals surface area contributed by atoms with Gasteiger partial charge >= 0.3 is 5.97 Å². The van der Waals surface area contributed by atoms with Crippen LogP contribution in [0.25, 0.3) is 0 Å². The minimum Gasteiger partial charge on any atom is -0.481 e. The van der Waals surface area contributed by atoms with E-state index >= 15 is 0 Å². The smallest absolute Gasteiger partial charge is 0.308 e. The van der Waals surface area contributed by atoms with Crippen molar-refractivity contribution in [1.29, 1.82) is 0 Å². The lowest BCUT2D eigenvalue weighted by Gasteiger charge is -2.30. The Balaban J connectivity index is 1.74. The Kier molecular flexibility index (Phi) is 5.27. The molecule has 6 heteroatoms. The predicted octanol–water partition coefficient (Wildman–Crippen LogP) is 2.30. The average Bonchev–Trinajstić information content (AvgIpc) is 2.92. The van der Waals surface area contributed by atoms with Crippen molar-refractivity contribution in [2.75, 3.05) is 18.8 Å². The molecule has 19 heavy (non-hydrogen) atoms. The Morgan fingerprint density at radius 2 is 2.37 bits per heavy atom. The molecule has 0 spiro atoms. The molecule has 1 fully saturated rings. The third-order valence-electron chi connectivity index (χ3n) is 3.17. The third-order valence-corrected chi connectivity index (χ3v) is 5.20. The fourth-order valence-electron chi connectivity index (χ4n) is 2.13. The second kappa shape index (κ2) is 6.96. The van der Waals surface area contributed by atoms with Gasteiger partial charge in [0.05, 0.1) is 11.7 Å². The number of piperidine rings is 1. The van der Waals surface area contributed by atoms with Gasteiger partial charge in [0.1, 0.15) is 0 Å². The van der Waals surface area contributed by atoms with Gasteiger partial charge in [-0.25, -0.2) is 0 Å². The number of amides is 1. The molecule has 1 aromatic rings. The molecular formula is C13H17NO3S2. The molecule has 104 valence electrons. The molecule has 0 aliphatic carbocycles. The summed E-state index contributed by atoms with van der Waals surface area (Å²) in [6, 6.07) is 4.06. The summed E-state index contributed by atoms with van der Waals surface area (Å²) in [5, 5.41) is 11.0. The first-order chi connectivity index (χ1) is 9.16. The number of nitrogens with zero attached hydrogens (tertiary/aromatic N) is 1. The number of thiophene rings is 1. The number of thioether (sulfide) groups is 1. The van der Waals surface area contributed by atoms with E-state index in [1.807, 2.05) is 11.4 Å². The largest absolute Gasteiger partial charge is 0.481 e. The van der Waals surface area contributed by atoms with Crippen molar-refractivity contribution < 1.29 is 14.7 Å². The van der Waals surface area contributed by atoms with Gasteiger partial charge in [0, 0.05) is 23.7 Å². The van der Waals surface area contributed by atoms with Crippen molar-refractivity contribution in [1.82, 2.24) is 4.90 Å². The van der Waals surface area contributed by atoms with E-state index in [9.17, 15) is 9.59 Å². The SMILES string of the molecule is O=C(O)C1CCCN(C(=O)CSCc2cccs2)C1. The molecule has 1 aliphatic rings. The fourth-order valence-corrected chi connectivity index (χ4v) is 3.90. The third kappa shape index (κ3) is 4.24. The highest BCUT2D eigenvalue weighted by Gasteiger charge is 2.27. The second-order valence-electron chi connectivity index (χ2n) is 4.59. The van der Waals surface area contributed by atoms with Crippen LogP contribution in [-0.4, -0.2) is 40.7 Å². The van der Waals surface area contributed by atoms with E-state index < -0.39 is 5.97 Å². The molecule has 1 saturated heterocycles. The molecule has 1 unspecified atom stereocenters. The Morgan fingerprint density at radius 1 is 1.53 bits per heavy atom. The summed E-state index contributed by atoms with van der Waals surface area (Å²) in [5.74, 6) is 0.167. The molecule has 0 bridgehead atoms. The van der Waals surface area contributed by atoms with Crippen LogP contribution in [-0.2, 0) is 15.3 Å². The molecule has 2 heterocycles. The van der Waals surface area contributed by atoms with Gasteiger partial charge in [0.25, 0.3) is 0 Å². The van der Waals surface area contributed by atoms with Crippen LogP contribution >= 0.6 is 23.1 Å². The maximum atomic E-state index is 12.0. The Bertz CT molecular complexity index is 433. The highest BCUT2D eigenvalue weighted by atomic mass is 32.2. The van der Waals surface area contributed by atoms with Crippen LogP contribution in [0.3, 0.4) is 0 Å². The molecule has 2 rings (SSSR count). The molecule has 1 aromatic heterocycles. The standard InChI is InChI=1S/C13H17NO3S2/c15-12(9-18-8-11-4-2-6-19-11)14-5-1-3-10(7-14)13(16)17/h2,4,6,10H,1,3,5,7-9H2,(H,16,17).